The van der Waals surface area contributed by atoms with Gasteiger partial charge in [-0.3, -0.25) is 4.79 Å². The van der Waals surface area contributed by atoms with E-state index in [0.717, 1.165) is 13.1 Å². The summed E-state index contributed by atoms with van der Waals surface area (Å²) >= 11 is 6.16. The Bertz CT molecular complexity index is 564. The fourth-order valence-corrected chi connectivity index (χ4v) is 2.60. The van der Waals surface area contributed by atoms with Crippen LogP contribution in [0.25, 0.3) is 0 Å². The van der Waals surface area contributed by atoms with Crippen LogP contribution < -0.4 is 5.73 Å². The number of amides is 1. The number of likely N-dealkylation sites (tertiary alicyclic amines) is 1. The molecule has 4 heteroatoms. The predicted molar refractivity (Wildman–Crippen MR) is 81.6 cm³/mol. The smallest absolute Gasteiger partial charge is 0.253 e. The maximum Gasteiger partial charge on any atom is 0.253 e. The van der Waals surface area contributed by atoms with Crippen molar-refractivity contribution in [2.24, 2.45) is 17.6 Å². The summed E-state index contributed by atoms with van der Waals surface area (Å²) in [4.78, 5) is 14.3. The number of carbonyl (C=O) groups excluding carboxylic acids is 1. The Kier molecular flexibility index (Phi) is 4.69. The summed E-state index contributed by atoms with van der Waals surface area (Å²) in [5.41, 5.74) is 6.66. The van der Waals surface area contributed by atoms with Gasteiger partial charge in [-0.25, -0.2) is 0 Å². The first-order valence-corrected chi connectivity index (χ1v) is 7.18. The normalized spacial score (nSPS) is 21.5. The molecule has 1 aliphatic heterocycles. The monoisotopic (exact) mass is 290 g/mol. The highest BCUT2D eigenvalue weighted by Gasteiger charge is 2.29. The number of nitrogens with two attached hydrogens (primary N) is 1. The molecule has 1 aliphatic rings. The zero-order valence-corrected chi connectivity index (χ0v) is 12.6. The highest BCUT2D eigenvalue weighted by atomic mass is 35.5. The molecule has 2 atom stereocenters. The number of hydrogen-bond acceptors (Lipinski definition) is 2. The third-order valence-corrected chi connectivity index (χ3v) is 4.13. The second-order valence-corrected chi connectivity index (χ2v) is 5.77. The first-order chi connectivity index (χ1) is 9.52. The maximum absolute atomic E-state index is 12.4. The van der Waals surface area contributed by atoms with Crippen LogP contribution >= 0.6 is 11.6 Å². The fourth-order valence-electron chi connectivity index (χ4n) is 2.37. The van der Waals surface area contributed by atoms with E-state index in [1.54, 1.807) is 18.2 Å². The Morgan fingerprint density at radius 1 is 1.40 bits per heavy atom. The van der Waals surface area contributed by atoms with Crippen molar-refractivity contribution in [2.45, 2.75) is 13.8 Å². The number of hydrogen-bond donors (Lipinski definition) is 1. The Morgan fingerprint density at radius 2 is 2.05 bits per heavy atom. The minimum Gasteiger partial charge on any atom is -0.338 e. The van der Waals surface area contributed by atoms with Gasteiger partial charge in [0.25, 0.3) is 5.91 Å². The third-order valence-electron chi connectivity index (χ3n) is 3.82. The molecule has 0 aromatic heterocycles. The standard InChI is InChI=1S/C16H19ClN2O/c1-11-9-19(10-12(11)2)16(20)14-6-5-13(4-3-7-18)15(17)8-14/h5-6,8,11-12H,7,9-10,18H2,1-2H3. The first kappa shape index (κ1) is 14.9. The molecule has 2 N–H and O–H groups in total. The van der Waals surface area contributed by atoms with E-state index in [1.165, 1.54) is 0 Å². The number of halogens is 1. The van der Waals surface area contributed by atoms with Gasteiger partial charge in [0.05, 0.1) is 11.6 Å². The molecule has 1 aromatic carbocycles. The number of rotatable bonds is 1. The van der Waals surface area contributed by atoms with Crippen molar-refractivity contribution in [1.29, 1.82) is 0 Å². The molecule has 1 saturated heterocycles. The van der Waals surface area contributed by atoms with Crippen LogP contribution in [0.1, 0.15) is 29.8 Å². The van der Waals surface area contributed by atoms with Crippen LogP contribution in [-0.2, 0) is 0 Å². The fraction of sp³-hybridized carbons (Fsp3) is 0.438. The Morgan fingerprint density at radius 3 is 2.60 bits per heavy atom. The van der Waals surface area contributed by atoms with E-state index in [1.807, 2.05) is 4.90 Å². The first-order valence-electron chi connectivity index (χ1n) is 6.80. The minimum absolute atomic E-state index is 0.0430. The largest absolute Gasteiger partial charge is 0.338 e. The van der Waals surface area contributed by atoms with Gasteiger partial charge in [0.2, 0.25) is 0 Å². The van der Waals surface area contributed by atoms with E-state index >= 15 is 0 Å². The summed E-state index contributed by atoms with van der Waals surface area (Å²) in [6, 6.07) is 5.25. The van der Waals surface area contributed by atoms with Crippen LogP contribution in [0, 0.1) is 23.7 Å². The molecule has 0 bridgehead atoms. The highest BCUT2D eigenvalue weighted by molar-refractivity contribution is 6.32. The molecule has 3 nitrogen and oxygen atoms in total. The number of nitrogens with zero attached hydrogens (tertiary/aromatic N) is 1. The number of carbonyl (C=O) groups is 1. The van der Waals surface area contributed by atoms with E-state index in [2.05, 4.69) is 25.7 Å². The lowest BCUT2D eigenvalue weighted by Gasteiger charge is -2.16. The van der Waals surface area contributed by atoms with Crippen LogP contribution in [0.3, 0.4) is 0 Å². The summed E-state index contributed by atoms with van der Waals surface area (Å²) in [7, 11) is 0. The quantitative estimate of drug-likeness (QED) is 0.807. The molecule has 1 amide bonds. The van der Waals surface area contributed by atoms with Crippen molar-refractivity contribution in [3.8, 4) is 11.8 Å². The topological polar surface area (TPSA) is 46.3 Å². The lowest BCUT2D eigenvalue weighted by Crippen LogP contribution is -2.28. The summed E-state index contributed by atoms with van der Waals surface area (Å²) in [6.45, 7) is 6.27. The third kappa shape index (κ3) is 3.15. The van der Waals surface area contributed by atoms with Crippen molar-refractivity contribution in [1.82, 2.24) is 4.90 Å². The summed E-state index contributed by atoms with van der Waals surface area (Å²) in [5.74, 6) is 6.78. The maximum atomic E-state index is 12.4. The average molecular weight is 291 g/mol. The van der Waals surface area contributed by atoms with Gasteiger partial charge in [-0.05, 0) is 30.0 Å². The van der Waals surface area contributed by atoms with E-state index < -0.39 is 0 Å². The molecule has 1 aromatic rings. The van der Waals surface area contributed by atoms with Gasteiger partial charge < -0.3 is 10.6 Å². The van der Waals surface area contributed by atoms with Crippen LogP contribution in [0.4, 0.5) is 0 Å². The highest BCUT2D eigenvalue weighted by Crippen LogP contribution is 2.25. The summed E-state index contributed by atoms with van der Waals surface area (Å²) < 4.78 is 0. The van der Waals surface area contributed by atoms with Gasteiger partial charge in [-0.2, -0.15) is 0 Å². The predicted octanol–water partition coefficient (Wildman–Crippen LogP) is 2.38. The van der Waals surface area contributed by atoms with Crippen molar-refractivity contribution in [3.05, 3.63) is 34.3 Å². The van der Waals surface area contributed by atoms with Gasteiger partial charge in [0.1, 0.15) is 0 Å². The minimum atomic E-state index is 0.0430. The summed E-state index contributed by atoms with van der Waals surface area (Å²) in [5, 5.41) is 0.497. The lowest BCUT2D eigenvalue weighted by atomic mass is 10.0. The molecule has 0 saturated carbocycles. The summed E-state index contributed by atoms with van der Waals surface area (Å²) in [6.07, 6.45) is 0. The van der Waals surface area contributed by atoms with Crippen molar-refractivity contribution in [2.75, 3.05) is 19.6 Å². The molecule has 0 aliphatic carbocycles. The van der Waals surface area contributed by atoms with Gasteiger partial charge in [-0.15, -0.1) is 0 Å². The molecular formula is C16H19ClN2O. The van der Waals surface area contributed by atoms with Crippen molar-refractivity contribution >= 4 is 17.5 Å². The molecule has 0 spiro atoms. The lowest BCUT2D eigenvalue weighted by molar-refractivity contribution is 0.0785. The SMILES string of the molecule is CC1CN(C(=O)c2ccc(C#CCN)c(Cl)c2)CC1C. The van der Waals surface area contributed by atoms with Gasteiger partial charge in [-0.1, -0.05) is 37.3 Å². The van der Waals surface area contributed by atoms with Crippen LogP contribution in [-0.4, -0.2) is 30.4 Å². The van der Waals surface area contributed by atoms with Crippen molar-refractivity contribution < 1.29 is 4.79 Å². The van der Waals surface area contributed by atoms with Crippen LogP contribution in [0.5, 0.6) is 0 Å². The zero-order chi connectivity index (χ0) is 14.7. The van der Waals surface area contributed by atoms with E-state index in [9.17, 15) is 4.79 Å². The Balaban J connectivity index is 2.17. The zero-order valence-electron chi connectivity index (χ0n) is 11.8. The second kappa shape index (κ2) is 6.30. The van der Waals surface area contributed by atoms with E-state index in [0.29, 0.717) is 34.5 Å². The Hall–Kier alpha value is -1.50. The molecule has 2 unspecified atom stereocenters. The number of benzene rings is 1. The average Bonchev–Trinajstić information content (AvgIpc) is 2.76. The van der Waals surface area contributed by atoms with Gasteiger partial charge in [0, 0.05) is 24.2 Å². The van der Waals surface area contributed by atoms with E-state index in [4.69, 9.17) is 17.3 Å². The van der Waals surface area contributed by atoms with Crippen molar-refractivity contribution in [3.63, 3.8) is 0 Å². The van der Waals surface area contributed by atoms with Crippen LogP contribution in [0.15, 0.2) is 18.2 Å². The molecule has 20 heavy (non-hydrogen) atoms. The molecule has 1 heterocycles. The van der Waals surface area contributed by atoms with E-state index in [-0.39, 0.29) is 5.91 Å². The Labute approximate surface area is 125 Å². The van der Waals surface area contributed by atoms with Gasteiger partial charge in [0.15, 0.2) is 0 Å². The molecule has 106 valence electrons. The van der Waals surface area contributed by atoms with Gasteiger partial charge >= 0.3 is 0 Å². The van der Waals surface area contributed by atoms with Crippen LogP contribution in [0.2, 0.25) is 5.02 Å². The molecule has 1 fully saturated rings. The molecular weight excluding hydrogens is 272 g/mol. The molecule has 0 radical (unpaired) electrons. The molecule has 2 rings (SSSR count). The second-order valence-electron chi connectivity index (χ2n) is 5.37.